The Hall–Kier alpha value is -7.68. The van der Waals surface area contributed by atoms with Crippen molar-refractivity contribution in [3.63, 3.8) is 0 Å². The number of benzene rings is 10. The van der Waals surface area contributed by atoms with Crippen molar-refractivity contribution < 1.29 is 4.42 Å². The predicted octanol–water partition coefficient (Wildman–Crippen LogP) is 18.6. The molecule has 0 aliphatic heterocycles. The van der Waals surface area contributed by atoms with E-state index in [4.69, 9.17) is 4.42 Å². The zero-order valence-corrected chi connectivity index (χ0v) is 38.6. The second kappa shape index (κ2) is 16.1. The fourth-order valence-electron chi connectivity index (χ4n) is 9.91. The van der Waals surface area contributed by atoms with Crippen molar-refractivity contribution in [1.82, 2.24) is 0 Å². The van der Waals surface area contributed by atoms with Crippen molar-refractivity contribution in [3.8, 4) is 44.5 Å². The van der Waals surface area contributed by atoms with Crippen LogP contribution in [0.2, 0.25) is 0 Å². The molecule has 1 aromatic heterocycles. The van der Waals surface area contributed by atoms with Crippen LogP contribution in [0.4, 0.5) is 17.1 Å². The molecule has 0 saturated carbocycles. The lowest BCUT2D eigenvalue weighted by atomic mass is 9.78. The highest BCUT2D eigenvalue weighted by Gasteiger charge is 2.27. The molecule has 0 spiro atoms. The first-order valence-corrected chi connectivity index (χ1v) is 23.2. The molecular formula is C64H53NO. The van der Waals surface area contributed by atoms with Gasteiger partial charge in [0.1, 0.15) is 11.2 Å². The highest BCUT2D eigenvalue weighted by Crippen LogP contribution is 2.51. The zero-order chi connectivity index (χ0) is 45.2. The van der Waals surface area contributed by atoms with Crippen LogP contribution in [0, 0.1) is 0 Å². The average Bonchev–Trinajstić information content (AvgIpc) is 3.73. The molecule has 0 unspecified atom stereocenters. The molecule has 0 radical (unpaired) electrons. The molecule has 320 valence electrons. The third-order valence-electron chi connectivity index (χ3n) is 13.4. The third kappa shape index (κ3) is 7.24. The molecule has 0 aliphatic carbocycles. The van der Waals surface area contributed by atoms with Gasteiger partial charge in [-0.25, -0.2) is 0 Å². The van der Waals surface area contributed by atoms with Gasteiger partial charge in [-0.2, -0.15) is 0 Å². The summed E-state index contributed by atoms with van der Waals surface area (Å²) in [6.45, 7) is 13.9. The maximum Gasteiger partial charge on any atom is 0.137 e. The average molecular weight is 852 g/mol. The zero-order valence-electron chi connectivity index (χ0n) is 38.6. The molecule has 10 aromatic carbocycles. The van der Waals surface area contributed by atoms with Gasteiger partial charge in [0.05, 0.1) is 22.4 Å². The second-order valence-electron chi connectivity index (χ2n) is 19.7. The third-order valence-corrected chi connectivity index (χ3v) is 13.4. The molecule has 11 rings (SSSR count). The SMILES string of the molecule is CC(C)(C)c1cc(-c2cccc3cccc(-c4ccccc4N(c4cc(-c5cccc6ccccc56)ccc4-c4ccccc4)c4cccc5oc6ccccc6c45)c23)cc(C(C)(C)C)c1. The Morgan fingerprint density at radius 2 is 0.879 bits per heavy atom. The minimum atomic E-state index is -0.0220. The van der Waals surface area contributed by atoms with Crippen LogP contribution in [-0.4, -0.2) is 0 Å². The summed E-state index contributed by atoms with van der Waals surface area (Å²) in [6.07, 6.45) is 0. The van der Waals surface area contributed by atoms with Crippen molar-refractivity contribution in [1.29, 1.82) is 0 Å². The van der Waals surface area contributed by atoms with Crippen LogP contribution < -0.4 is 4.90 Å². The Bertz CT molecular complexity index is 3570. The number of furan rings is 1. The summed E-state index contributed by atoms with van der Waals surface area (Å²) >= 11 is 0. The summed E-state index contributed by atoms with van der Waals surface area (Å²) in [5.41, 5.74) is 16.9. The van der Waals surface area contributed by atoms with Gasteiger partial charge < -0.3 is 9.32 Å². The molecule has 1 heterocycles. The first kappa shape index (κ1) is 41.1. The molecule has 2 nitrogen and oxygen atoms in total. The van der Waals surface area contributed by atoms with Crippen molar-refractivity contribution in [2.24, 2.45) is 0 Å². The van der Waals surface area contributed by atoms with E-state index in [0.29, 0.717) is 0 Å². The van der Waals surface area contributed by atoms with E-state index in [1.54, 1.807) is 0 Å². The van der Waals surface area contributed by atoms with Crippen LogP contribution in [-0.2, 0) is 10.8 Å². The van der Waals surface area contributed by atoms with Crippen LogP contribution in [0.25, 0.3) is 88.0 Å². The van der Waals surface area contributed by atoms with Crippen LogP contribution in [0.5, 0.6) is 0 Å². The summed E-state index contributed by atoms with van der Waals surface area (Å²) in [6, 6.07) is 77.9. The fourth-order valence-corrected chi connectivity index (χ4v) is 9.91. The summed E-state index contributed by atoms with van der Waals surface area (Å²) in [7, 11) is 0. The van der Waals surface area contributed by atoms with Crippen molar-refractivity contribution in [2.45, 2.75) is 52.4 Å². The van der Waals surface area contributed by atoms with Gasteiger partial charge in [0.2, 0.25) is 0 Å². The number of hydrogen-bond donors (Lipinski definition) is 0. The summed E-state index contributed by atoms with van der Waals surface area (Å²) in [5, 5.41) is 7.04. The molecule has 66 heavy (non-hydrogen) atoms. The van der Waals surface area contributed by atoms with E-state index in [9.17, 15) is 0 Å². The first-order valence-electron chi connectivity index (χ1n) is 23.2. The van der Waals surface area contributed by atoms with Crippen LogP contribution >= 0.6 is 0 Å². The predicted molar refractivity (Wildman–Crippen MR) is 283 cm³/mol. The van der Waals surface area contributed by atoms with Crippen molar-refractivity contribution in [3.05, 3.63) is 223 Å². The van der Waals surface area contributed by atoms with E-state index in [0.717, 1.165) is 61.3 Å². The van der Waals surface area contributed by atoms with Gasteiger partial charge in [0.15, 0.2) is 0 Å². The smallest absolute Gasteiger partial charge is 0.137 e. The standard InChI is InChI=1S/C64H53NO/c1-63(2,3)47-38-46(39-48(41-47)64(4,5)6)52-30-17-24-44-25-18-31-54(61(44)52)53-27-12-14-32-56(53)65(57-33-19-35-60-62(57)55-28-13-15-34-59(55)66-60)58-40-45(36-37-51(58)43-20-8-7-9-21-43)50-29-16-23-42-22-10-11-26-49(42)50/h7-41H,1-6H3. The van der Waals surface area contributed by atoms with E-state index in [1.165, 1.54) is 54.9 Å². The maximum absolute atomic E-state index is 6.65. The number of fused-ring (bicyclic) bond motifs is 5. The highest BCUT2D eigenvalue weighted by molar-refractivity contribution is 6.16. The summed E-state index contributed by atoms with van der Waals surface area (Å²) in [4.78, 5) is 2.51. The van der Waals surface area contributed by atoms with Gasteiger partial charge in [0.25, 0.3) is 0 Å². The van der Waals surface area contributed by atoms with Crippen LogP contribution in [0.3, 0.4) is 0 Å². The number of para-hydroxylation sites is 2. The summed E-state index contributed by atoms with van der Waals surface area (Å²) < 4.78 is 6.65. The fraction of sp³-hybridized carbons (Fsp3) is 0.125. The minimum absolute atomic E-state index is 0.0220. The van der Waals surface area contributed by atoms with E-state index < -0.39 is 0 Å². The lowest BCUT2D eigenvalue weighted by molar-refractivity contribution is 0.569. The topological polar surface area (TPSA) is 16.4 Å². The van der Waals surface area contributed by atoms with Crippen molar-refractivity contribution >= 4 is 60.5 Å². The molecule has 0 bridgehead atoms. The Morgan fingerprint density at radius 1 is 0.318 bits per heavy atom. The van der Waals surface area contributed by atoms with E-state index in [-0.39, 0.29) is 10.8 Å². The Morgan fingerprint density at radius 3 is 1.64 bits per heavy atom. The van der Waals surface area contributed by atoms with Gasteiger partial charge in [-0.15, -0.1) is 0 Å². The second-order valence-corrected chi connectivity index (χ2v) is 19.7. The van der Waals surface area contributed by atoms with Gasteiger partial charge in [0, 0.05) is 16.5 Å². The van der Waals surface area contributed by atoms with Gasteiger partial charge >= 0.3 is 0 Å². The number of hydrogen-bond acceptors (Lipinski definition) is 2. The molecule has 0 atom stereocenters. The maximum atomic E-state index is 6.65. The Balaban J connectivity index is 1.24. The van der Waals surface area contributed by atoms with Gasteiger partial charge in [-0.1, -0.05) is 224 Å². The van der Waals surface area contributed by atoms with Crippen LogP contribution in [0.15, 0.2) is 217 Å². The van der Waals surface area contributed by atoms with Crippen molar-refractivity contribution in [2.75, 3.05) is 4.90 Å². The lowest BCUT2D eigenvalue weighted by Crippen LogP contribution is -2.16. The lowest BCUT2D eigenvalue weighted by Gasteiger charge is -2.31. The quantitative estimate of drug-likeness (QED) is 0.159. The molecule has 0 aliphatic rings. The largest absolute Gasteiger partial charge is 0.456 e. The van der Waals surface area contributed by atoms with Gasteiger partial charge in [-0.05, 0) is 107 Å². The minimum Gasteiger partial charge on any atom is -0.456 e. The number of anilines is 3. The monoisotopic (exact) mass is 851 g/mol. The number of nitrogens with zero attached hydrogens (tertiary/aromatic N) is 1. The molecule has 0 N–H and O–H groups in total. The number of rotatable bonds is 7. The molecular weight excluding hydrogens is 799 g/mol. The first-order chi connectivity index (χ1) is 32.0. The van der Waals surface area contributed by atoms with Gasteiger partial charge in [-0.3, -0.25) is 0 Å². The molecule has 0 amide bonds. The molecule has 11 aromatic rings. The van der Waals surface area contributed by atoms with E-state index in [2.05, 4.69) is 259 Å². The van der Waals surface area contributed by atoms with E-state index in [1.807, 2.05) is 0 Å². The highest BCUT2D eigenvalue weighted by atomic mass is 16.3. The van der Waals surface area contributed by atoms with E-state index >= 15 is 0 Å². The molecule has 0 fully saturated rings. The molecule has 0 saturated heterocycles. The Labute approximate surface area is 388 Å². The van der Waals surface area contributed by atoms with Crippen LogP contribution in [0.1, 0.15) is 52.7 Å². The Kier molecular flexibility index (Phi) is 10.0. The summed E-state index contributed by atoms with van der Waals surface area (Å²) in [5.74, 6) is 0. The normalized spacial score (nSPS) is 12.1. The molecule has 2 heteroatoms.